The molecule has 0 aliphatic heterocycles. The van der Waals surface area contributed by atoms with Gasteiger partial charge in [-0.25, -0.2) is 14.9 Å². The summed E-state index contributed by atoms with van der Waals surface area (Å²) >= 11 is 29.3. The molecule has 0 spiro atoms. The molecule has 0 saturated heterocycles. The number of urea groups is 1. The van der Waals surface area contributed by atoms with Crippen molar-refractivity contribution in [1.82, 2.24) is 0 Å². The van der Waals surface area contributed by atoms with Crippen LogP contribution in [0.15, 0.2) is 30.3 Å². The Kier molecular flexibility index (Phi) is 6.01. The second-order valence-corrected chi connectivity index (χ2v) is 6.48. The lowest BCUT2D eigenvalue weighted by molar-refractivity contribution is -0.481. The molecule has 0 aliphatic rings. The van der Waals surface area contributed by atoms with Crippen molar-refractivity contribution in [2.75, 3.05) is 10.3 Å². The van der Waals surface area contributed by atoms with Crippen LogP contribution in [-0.2, 0) is 0 Å². The number of amides is 2. The average Bonchev–Trinajstić information content (AvgIpc) is 2.40. The van der Waals surface area contributed by atoms with Gasteiger partial charge >= 0.3 is 6.03 Å². The van der Waals surface area contributed by atoms with Gasteiger partial charge in [-0.05, 0) is 35.3 Å². The molecule has 2 rings (SSSR count). The molecule has 0 bridgehead atoms. The first-order valence-electron chi connectivity index (χ1n) is 6.05. The number of anilines is 2. The van der Waals surface area contributed by atoms with Crippen molar-refractivity contribution in [3.05, 3.63) is 65.6 Å². The van der Waals surface area contributed by atoms with Crippen LogP contribution in [0, 0.1) is 10.1 Å². The molecule has 0 unspecified atom stereocenters. The van der Waals surface area contributed by atoms with E-state index in [4.69, 9.17) is 58.0 Å². The molecule has 1 N–H and O–H groups in total. The van der Waals surface area contributed by atoms with Gasteiger partial charge in [-0.15, -0.1) is 0 Å². The number of nitrogens with one attached hydrogen (secondary N) is 1. The number of benzene rings is 2. The number of rotatable bonds is 3. The number of hydrogen-bond acceptors (Lipinski definition) is 3. The molecule has 6 nitrogen and oxygen atoms in total. The predicted octanol–water partition coefficient (Wildman–Crippen LogP) is 6.18. The highest BCUT2D eigenvalue weighted by atomic mass is 35.5. The van der Waals surface area contributed by atoms with Crippen LogP contribution in [-0.4, -0.2) is 11.1 Å². The minimum atomic E-state index is -1.12. The third-order valence-corrected chi connectivity index (χ3v) is 3.89. The molecule has 24 heavy (non-hydrogen) atoms. The molecule has 0 aliphatic carbocycles. The maximum atomic E-state index is 12.3. The number of carbonyl (C=O) groups excluding carboxylic acids is 1. The van der Waals surface area contributed by atoms with Crippen molar-refractivity contribution in [3.63, 3.8) is 0 Å². The zero-order valence-corrected chi connectivity index (χ0v) is 15.2. The van der Waals surface area contributed by atoms with Gasteiger partial charge in [0.2, 0.25) is 0 Å². The Labute approximate surface area is 160 Å². The van der Waals surface area contributed by atoms with Crippen molar-refractivity contribution in [2.24, 2.45) is 0 Å². The van der Waals surface area contributed by atoms with Gasteiger partial charge in [0.25, 0.3) is 0 Å². The maximum Gasteiger partial charge on any atom is 0.385 e. The Hall–Kier alpha value is -1.44. The van der Waals surface area contributed by atoms with Crippen LogP contribution >= 0.6 is 58.0 Å². The monoisotopic (exact) mass is 427 g/mol. The molecule has 0 fully saturated rings. The number of nitrogens with zero attached hydrogens (tertiary/aromatic N) is 2. The van der Waals surface area contributed by atoms with Crippen LogP contribution < -0.4 is 10.3 Å². The van der Waals surface area contributed by atoms with E-state index in [0.29, 0.717) is 0 Å². The van der Waals surface area contributed by atoms with E-state index in [9.17, 15) is 14.9 Å². The van der Waals surface area contributed by atoms with E-state index >= 15 is 0 Å². The van der Waals surface area contributed by atoms with Crippen LogP contribution in [0.1, 0.15) is 0 Å². The van der Waals surface area contributed by atoms with Gasteiger partial charge < -0.3 is 5.32 Å². The van der Waals surface area contributed by atoms with Crippen LogP contribution in [0.5, 0.6) is 0 Å². The van der Waals surface area contributed by atoms with Crippen molar-refractivity contribution in [3.8, 4) is 0 Å². The summed E-state index contributed by atoms with van der Waals surface area (Å²) in [6.45, 7) is 0. The topological polar surface area (TPSA) is 75.5 Å². The second-order valence-electron chi connectivity index (χ2n) is 4.36. The van der Waals surface area contributed by atoms with E-state index in [1.807, 2.05) is 0 Å². The third-order valence-electron chi connectivity index (χ3n) is 2.66. The van der Waals surface area contributed by atoms with E-state index in [1.54, 1.807) is 0 Å². The fourth-order valence-electron chi connectivity index (χ4n) is 1.80. The lowest BCUT2D eigenvalue weighted by Crippen LogP contribution is -2.40. The van der Waals surface area contributed by atoms with Gasteiger partial charge in [-0.2, -0.15) is 0 Å². The Morgan fingerprint density at radius 3 is 1.83 bits per heavy atom. The first-order valence-corrected chi connectivity index (χ1v) is 7.94. The lowest BCUT2D eigenvalue weighted by Gasteiger charge is -2.16. The molecule has 2 amide bonds. The highest BCUT2D eigenvalue weighted by Crippen LogP contribution is 2.37. The average molecular weight is 429 g/mol. The SMILES string of the molecule is O=C(Nc1cc(Cl)cc(Cl)c1)N(c1c(Cl)cc(Cl)cc1Cl)[N+](=O)[O-]. The highest BCUT2D eigenvalue weighted by molar-refractivity contribution is 6.42. The van der Waals surface area contributed by atoms with Crippen LogP contribution in [0.2, 0.25) is 25.1 Å². The van der Waals surface area contributed by atoms with Crippen LogP contribution in [0.4, 0.5) is 16.2 Å². The molecule has 0 aromatic heterocycles. The van der Waals surface area contributed by atoms with Gasteiger partial charge in [0.1, 0.15) is 0 Å². The number of carbonyl (C=O) groups is 1. The molecule has 2 aromatic carbocycles. The highest BCUT2D eigenvalue weighted by Gasteiger charge is 2.32. The predicted molar refractivity (Wildman–Crippen MR) is 96.4 cm³/mol. The number of nitro groups is 1. The molecular formula is C13H6Cl5N3O3. The molecule has 2 aromatic rings. The molecule has 126 valence electrons. The number of hydrazine groups is 1. The zero-order valence-electron chi connectivity index (χ0n) is 11.4. The smallest absolute Gasteiger partial charge is 0.303 e. The summed E-state index contributed by atoms with van der Waals surface area (Å²) in [7, 11) is 0. The first-order chi connectivity index (χ1) is 11.2. The van der Waals surface area contributed by atoms with E-state index in [2.05, 4.69) is 5.32 Å². The van der Waals surface area contributed by atoms with Crippen molar-refractivity contribution in [2.45, 2.75) is 0 Å². The summed E-state index contributed by atoms with van der Waals surface area (Å²) in [4.78, 5) is 23.6. The van der Waals surface area contributed by atoms with Crippen molar-refractivity contribution in [1.29, 1.82) is 0 Å². The summed E-state index contributed by atoms with van der Waals surface area (Å²) in [5, 5.41) is 13.1. The largest absolute Gasteiger partial charge is 0.385 e. The zero-order chi connectivity index (χ0) is 18.0. The number of halogens is 5. The molecule has 11 heteroatoms. The van der Waals surface area contributed by atoms with Gasteiger partial charge in [-0.1, -0.05) is 58.0 Å². The maximum absolute atomic E-state index is 12.3. The standard InChI is InChI=1S/C13H6Cl5N3O3/c14-6-1-7(15)3-9(2-6)19-13(22)20(21(23)24)12-10(17)4-8(16)5-11(12)18/h1-5H,(H,19,22). The summed E-state index contributed by atoms with van der Waals surface area (Å²) < 4.78 is 0. The van der Waals surface area contributed by atoms with E-state index in [-0.39, 0.29) is 41.5 Å². The Balaban J connectivity index is 2.41. The summed E-state index contributed by atoms with van der Waals surface area (Å²) in [5.74, 6) is 0. The third kappa shape index (κ3) is 4.34. The molecule has 0 saturated carbocycles. The van der Waals surface area contributed by atoms with Gasteiger partial charge in [0, 0.05) is 20.8 Å². The fraction of sp³-hybridized carbons (Fsp3) is 0. The van der Waals surface area contributed by atoms with Gasteiger partial charge in [0.05, 0.1) is 10.0 Å². The molecule has 0 atom stereocenters. The summed E-state index contributed by atoms with van der Waals surface area (Å²) in [6, 6.07) is 5.51. The van der Waals surface area contributed by atoms with Gasteiger partial charge in [0.15, 0.2) is 10.7 Å². The molecular weight excluding hydrogens is 423 g/mol. The summed E-state index contributed by atoms with van der Waals surface area (Å²) in [5.41, 5.74) is -0.163. The number of hydrogen-bond donors (Lipinski definition) is 1. The normalized spacial score (nSPS) is 10.4. The van der Waals surface area contributed by atoms with E-state index < -0.39 is 11.1 Å². The second kappa shape index (κ2) is 7.63. The van der Waals surface area contributed by atoms with Gasteiger partial charge in [-0.3, -0.25) is 0 Å². The Morgan fingerprint density at radius 2 is 1.38 bits per heavy atom. The van der Waals surface area contributed by atoms with Crippen LogP contribution in [0.3, 0.4) is 0 Å². The van der Waals surface area contributed by atoms with Crippen molar-refractivity contribution < 1.29 is 9.83 Å². The van der Waals surface area contributed by atoms with Crippen molar-refractivity contribution >= 4 is 75.4 Å². The minimum Gasteiger partial charge on any atom is -0.303 e. The Bertz CT molecular complexity index is 787. The quantitative estimate of drug-likeness (QED) is 0.467. The molecule has 0 heterocycles. The van der Waals surface area contributed by atoms with E-state index in [0.717, 1.165) is 0 Å². The fourth-order valence-corrected chi connectivity index (χ4v) is 3.30. The Morgan fingerprint density at radius 1 is 0.917 bits per heavy atom. The molecule has 0 radical (unpaired) electrons. The minimum absolute atomic E-state index is 0.158. The summed E-state index contributed by atoms with van der Waals surface area (Å²) in [6.07, 6.45) is 0. The lowest BCUT2D eigenvalue weighted by atomic mass is 10.3. The van der Waals surface area contributed by atoms with E-state index in [1.165, 1.54) is 30.3 Å². The first kappa shape index (κ1) is 18.9. The van der Waals surface area contributed by atoms with Crippen LogP contribution in [0.25, 0.3) is 0 Å².